The van der Waals surface area contributed by atoms with E-state index >= 15 is 0 Å². The van der Waals surface area contributed by atoms with Crippen molar-refractivity contribution in [3.8, 4) is 11.5 Å². The van der Waals surface area contributed by atoms with E-state index < -0.39 is 0 Å². The third kappa shape index (κ3) is 4.93. The number of aromatic nitrogens is 4. The molecule has 3 rings (SSSR count). The lowest BCUT2D eigenvalue weighted by Gasteiger charge is -2.26. The summed E-state index contributed by atoms with van der Waals surface area (Å²) in [6, 6.07) is 4.24. The maximum atomic E-state index is 5.45. The van der Waals surface area contributed by atoms with Crippen LogP contribution in [0.2, 0.25) is 0 Å². The Morgan fingerprint density at radius 1 is 1.07 bits per heavy atom. The summed E-state index contributed by atoms with van der Waals surface area (Å²) in [5.41, 5.74) is 2.16. The van der Waals surface area contributed by atoms with E-state index in [2.05, 4.69) is 49.4 Å². The number of pyridine rings is 1. The molecule has 6 nitrogen and oxygen atoms in total. The minimum Gasteiger partial charge on any atom is -0.379 e. The second-order valence-corrected chi connectivity index (χ2v) is 7.62. The Balaban J connectivity index is 1.84. The monoisotopic (exact) mass is 371 g/mol. The summed E-state index contributed by atoms with van der Waals surface area (Å²) in [6.45, 7) is 14.2. The molecule has 3 heterocycles. The van der Waals surface area contributed by atoms with E-state index in [9.17, 15) is 0 Å². The van der Waals surface area contributed by atoms with E-state index in [1.54, 1.807) is 0 Å². The van der Waals surface area contributed by atoms with Crippen molar-refractivity contribution < 1.29 is 4.74 Å². The Morgan fingerprint density at radius 3 is 2.41 bits per heavy atom. The fourth-order valence-electron chi connectivity index (χ4n) is 3.47. The van der Waals surface area contributed by atoms with Crippen LogP contribution in [0.4, 0.5) is 0 Å². The van der Waals surface area contributed by atoms with Gasteiger partial charge in [0.15, 0.2) is 11.6 Å². The molecule has 1 aliphatic heterocycles. The van der Waals surface area contributed by atoms with Crippen LogP contribution in [0.5, 0.6) is 0 Å². The average molecular weight is 372 g/mol. The van der Waals surface area contributed by atoms with E-state index in [0.29, 0.717) is 11.8 Å². The highest BCUT2D eigenvalue weighted by molar-refractivity contribution is 5.50. The zero-order chi connectivity index (χ0) is 19.2. The van der Waals surface area contributed by atoms with E-state index in [1.165, 1.54) is 5.56 Å². The first-order valence-corrected chi connectivity index (χ1v) is 10.3. The highest BCUT2D eigenvalue weighted by Crippen LogP contribution is 2.24. The van der Waals surface area contributed by atoms with Crippen molar-refractivity contribution >= 4 is 0 Å². The molecule has 1 fully saturated rings. The predicted molar refractivity (Wildman–Crippen MR) is 108 cm³/mol. The molecular formula is C21H33N5O. The molecule has 0 unspecified atom stereocenters. The Bertz CT molecular complexity index is 700. The molecule has 0 bridgehead atoms. The van der Waals surface area contributed by atoms with Gasteiger partial charge in [0.1, 0.15) is 5.69 Å². The molecule has 2 aromatic rings. The third-order valence-electron chi connectivity index (χ3n) is 5.45. The van der Waals surface area contributed by atoms with Crippen LogP contribution in [-0.2, 0) is 11.3 Å². The van der Waals surface area contributed by atoms with Gasteiger partial charge in [-0.15, -0.1) is 0 Å². The minimum absolute atomic E-state index is 0.406. The zero-order valence-corrected chi connectivity index (χ0v) is 17.2. The highest BCUT2D eigenvalue weighted by Gasteiger charge is 2.19. The number of ether oxygens (including phenoxy) is 1. The lowest BCUT2D eigenvalue weighted by Crippen LogP contribution is -2.38. The van der Waals surface area contributed by atoms with Crippen LogP contribution in [0.15, 0.2) is 18.3 Å². The fraction of sp³-hybridized carbons (Fsp3) is 0.667. The first kappa shape index (κ1) is 20.0. The summed E-state index contributed by atoms with van der Waals surface area (Å²) in [5.74, 6) is 2.72. The molecule has 1 aliphatic rings. The first-order chi connectivity index (χ1) is 13.1. The molecule has 0 aliphatic carbocycles. The van der Waals surface area contributed by atoms with Crippen molar-refractivity contribution in [2.45, 2.75) is 58.9 Å². The summed E-state index contributed by atoms with van der Waals surface area (Å²) in [7, 11) is 0. The Morgan fingerprint density at radius 2 is 1.81 bits per heavy atom. The zero-order valence-electron chi connectivity index (χ0n) is 17.2. The van der Waals surface area contributed by atoms with E-state index in [-0.39, 0.29) is 0 Å². The lowest BCUT2D eigenvalue weighted by atomic mass is 10.0. The van der Waals surface area contributed by atoms with Gasteiger partial charge in [0, 0.05) is 31.7 Å². The van der Waals surface area contributed by atoms with E-state index in [4.69, 9.17) is 19.8 Å². The lowest BCUT2D eigenvalue weighted by molar-refractivity contribution is 0.0360. The Hall–Kier alpha value is -1.79. The fourth-order valence-corrected chi connectivity index (χ4v) is 3.47. The van der Waals surface area contributed by atoms with Gasteiger partial charge in [0.2, 0.25) is 0 Å². The number of hydrogen-bond acceptors (Lipinski definition) is 5. The summed E-state index contributed by atoms with van der Waals surface area (Å²) < 4.78 is 7.51. The molecule has 148 valence electrons. The molecule has 0 atom stereocenters. The van der Waals surface area contributed by atoms with E-state index in [0.717, 1.165) is 69.6 Å². The molecule has 0 spiro atoms. The van der Waals surface area contributed by atoms with Crippen molar-refractivity contribution in [3.05, 3.63) is 29.7 Å². The summed E-state index contributed by atoms with van der Waals surface area (Å²) in [6.07, 6.45) is 4.09. The maximum Gasteiger partial charge on any atom is 0.177 e. The second kappa shape index (κ2) is 9.42. The standard InChI is InChI=1S/C21H33N5O/c1-5-17(6-2)20-23-21(19-8-7-18(15-22-19)16(3)4)26(24-20)10-9-25-11-13-27-14-12-25/h7-8,15-17H,5-6,9-14H2,1-4H3. The van der Waals surface area contributed by atoms with Gasteiger partial charge in [-0.3, -0.25) is 9.88 Å². The van der Waals surface area contributed by atoms with Crippen LogP contribution < -0.4 is 0 Å². The smallest absolute Gasteiger partial charge is 0.177 e. The van der Waals surface area contributed by atoms with Gasteiger partial charge in [-0.05, 0) is 30.4 Å². The first-order valence-electron chi connectivity index (χ1n) is 10.3. The Kier molecular flexibility index (Phi) is 6.96. The van der Waals surface area contributed by atoms with Crippen LogP contribution in [0.3, 0.4) is 0 Å². The maximum absolute atomic E-state index is 5.45. The van der Waals surface area contributed by atoms with Crippen molar-refractivity contribution in [1.82, 2.24) is 24.6 Å². The molecule has 2 aromatic heterocycles. The highest BCUT2D eigenvalue weighted by atomic mass is 16.5. The van der Waals surface area contributed by atoms with Crippen LogP contribution in [0, 0.1) is 0 Å². The van der Waals surface area contributed by atoms with Crippen LogP contribution in [0.1, 0.15) is 63.8 Å². The van der Waals surface area contributed by atoms with Crippen molar-refractivity contribution in [2.75, 3.05) is 32.8 Å². The van der Waals surface area contributed by atoms with Gasteiger partial charge < -0.3 is 4.74 Å². The molecule has 1 saturated heterocycles. The van der Waals surface area contributed by atoms with Crippen LogP contribution in [-0.4, -0.2) is 57.5 Å². The van der Waals surface area contributed by atoms with Gasteiger partial charge in [-0.25, -0.2) is 9.67 Å². The largest absolute Gasteiger partial charge is 0.379 e. The van der Waals surface area contributed by atoms with Gasteiger partial charge in [0.25, 0.3) is 0 Å². The minimum atomic E-state index is 0.406. The SMILES string of the molecule is CCC(CC)c1nc(-c2ccc(C(C)C)cn2)n(CCN2CCOCC2)n1. The predicted octanol–water partition coefficient (Wildman–Crippen LogP) is 3.70. The van der Waals surface area contributed by atoms with Gasteiger partial charge in [0.05, 0.1) is 19.8 Å². The molecule has 0 saturated carbocycles. The molecule has 0 amide bonds. The number of hydrogen-bond donors (Lipinski definition) is 0. The van der Waals surface area contributed by atoms with Gasteiger partial charge >= 0.3 is 0 Å². The van der Waals surface area contributed by atoms with Crippen LogP contribution in [0.25, 0.3) is 11.5 Å². The van der Waals surface area contributed by atoms with Gasteiger partial charge in [-0.2, -0.15) is 5.10 Å². The normalized spacial score (nSPS) is 15.8. The molecular weight excluding hydrogens is 338 g/mol. The summed E-state index contributed by atoms with van der Waals surface area (Å²) >= 11 is 0. The number of nitrogens with zero attached hydrogens (tertiary/aromatic N) is 5. The topological polar surface area (TPSA) is 56.1 Å². The number of morpholine rings is 1. The Labute approximate surface area is 163 Å². The molecule has 6 heteroatoms. The average Bonchev–Trinajstić information content (AvgIpc) is 3.12. The van der Waals surface area contributed by atoms with Crippen molar-refractivity contribution in [3.63, 3.8) is 0 Å². The van der Waals surface area contributed by atoms with Crippen LogP contribution >= 0.6 is 0 Å². The molecule has 27 heavy (non-hydrogen) atoms. The van der Waals surface area contributed by atoms with Crippen molar-refractivity contribution in [2.24, 2.45) is 0 Å². The van der Waals surface area contributed by atoms with Crippen molar-refractivity contribution in [1.29, 1.82) is 0 Å². The van der Waals surface area contributed by atoms with E-state index in [1.807, 2.05) is 6.20 Å². The third-order valence-corrected chi connectivity index (χ3v) is 5.45. The quantitative estimate of drug-likeness (QED) is 0.708. The number of rotatable bonds is 8. The molecule has 0 radical (unpaired) electrons. The molecule has 0 N–H and O–H groups in total. The summed E-state index contributed by atoms with van der Waals surface area (Å²) in [5, 5.41) is 4.88. The molecule has 0 aromatic carbocycles. The summed E-state index contributed by atoms with van der Waals surface area (Å²) in [4.78, 5) is 12.0. The van der Waals surface area contributed by atoms with Gasteiger partial charge in [-0.1, -0.05) is 33.8 Å². The second-order valence-electron chi connectivity index (χ2n) is 7.62.